The van der Waals surface area contributed by atoms with Crippen LogP contribution < -0.4 is 15.5 Å². The summed E-state index contributed by atoms with van der Waals surface area (Å²) in [7, 11) is 0. The number of hydrogen-bond acceptors (Lipinski definition) is 7. The fourth-order valence-electron chi connectivity index (χ4n) is 3.90. The van der Waals surface area contributed by atoms with E-state index in [0.29, 0.717) is 24.5 Å². The molecule has 0 bridgehead atoms. The van der Waals surface area contributed by atoms with E-state index >= 15 is 0 Å². The molecule has 0 spiro atoms. The highest BCUT2D eigenvalue weighted by atomic mass is 32.1. The number of anilines is 3. The van der Waals surface area contributed by atoms with E-state index in [2.05, 4.69) is 22.4 Å². The lowest BCUT2D eigenvalue weighted by molar-refractivity contribution is 0.0573. The number of aliphatic imine (C=N–C) groups is 1. The average Bonchev–Trinajstić information content (AvgIpc) is 3.35. The highest BCUT2D eigenvalue weighted by Crippen LogP contribution is 2.33. The van der Waals surface area contributed by atoms with Crippen molar-refractivity contribution < 1.29 is 19.1 Å². The molecular formula is C27H34N4O4S. The second-order valence-electron chi connectivity index (χ2n) is 10.7. The molecule has 36 heavy (non-hydrogen) atoms. The summed E-state index contributed by atoms with van der Waals surface area (Å²) in [5.74, 6) is 0. The molecule has 2 amide bonds. The second-order valence-corrected chi connectivity index (χ2v) is 10.9. The summed E-state index contributed by atoms with van der Waals surface area (Å²) < 4.78 is 10.8. The summed E-state index contributed by atoms with van der Waals surface area (Å²) in [5, 5.41) is 2.33. The molecule has 0 atom stereocenters. The van der Waals surface area contributed by atoms with Crippen LogP contribution in [0.1, 0.15) is 52.7 Å². The van der Waals surface area contributed by atoms with Crippen molar-refractivity contribution in [3.05, 3.63) is 47.5 Å². The highest BCUT2D eigenvalue weighted by Gasteiger charge is 2.30. The Morgan fingerprint density at radius 2 is 1.33 bits per heavy atom. The average molecular weight is 511 g/mol. The molecule has 192 valence electrons. The molecule has 0 fully saturated rings. The number of amides is 2. The SMILES string of the molecule is CC(C)(C)OC(=O)N1CCc2ccc(N)cc21.CC(C)(C)OC(=O)N1CCc2ccc(N=C=S)cc21. The van der Waals surface area contributed by atoms with E-state index in [1.54, 1.807) is 9.80 Å². The number of hydrogen-bond donors (Lipinski definition) is 1. The summed E-state index contributed by atoms with van der Waals surface area (Å²) in [4.78, 5) is 31.4. The molecule has 0 saturated heterocycles. The Kier molecular flexibility index (Phi) is 8.06. The first-order valence-corrected chi connectivity index (χ1v) is 12.3. The Hall–Kier alpha value is -3.42. The lowest BCUT2D eigenvalue weighted by Crippen LogP contribution is -2.35. The van der Waals surface area contributed by atoms with Crippen molar-refractivity contribution in [3.63, 3.8) is 0 Å². The van der Waals surface area contributed by atoms with E-state index in [4.69, 9.17) is 15.2 Å². The highest BCUT2D eigenvalue weighted by molar-refractivity contribution is 7.78. The molecule has 0 aliphatic carbocycles. The van der Waals surface area contributed by atoms with Crippen molar-refractivity contribution in [1.82, 2.24) is 0 Å². The quantitative estimate of drug-likeness (QED) is 0.275. The van der Waals surface area contributed by atoms with Gasteiger partial charge in [-0.25, -0.2) is 9.59 Å². The van der Waals surface area contributed by atoms with Gasteiger partial charge in [0, 0.05) is 18.8 Å². The number of ether oxygens (including phenoxy) is 2. The Balaban J connectivity index is 0.000000202. The molecular weight excluding hydrogens is 476 g/mol. The van der Waals surface area contributed by atoms with Crippen molar-refractivity contribution in [3.8, 4) is 0 Å². The van der Waals surface area contributed by atoms with Crippen molar-refractivity contribution in [2.45, 2.75) is 65.6 Å². The molecule has 0 unspecified atom stereocenters. The maximum atomic E-state index is 12.1. The number of isothiocyanates is 1. The first-order chi connectivity index (χ1) is 16.8. The number of nitrogens with zero attached hydrogens (tertiary/aromatic N) is 3. The fourth-order valence-corrected chi connectivity index (χ4v) is 4.00. The van der Waals surface area contributed by atoms with Crippen molar-refractivity contribution in [2.24, 2.45) is 4.99 Å². The number of carbonyl (C=O) groups excluding carboxylic acids is 2. The van der Waals surface area contributed by atoms with Crippen molar-refractivity contribution in [2.75, 3.05) is 28.6 Å². The maximum absolute atomic E-state index is 12.1. The lowest BCUT2D eigenvalue weighted by Gasteiger charge is -2.24. The van der Waals surface area contributed by atoms with Gasteiger partial charge >= 0.3 is 12.2 Å². The molecule has 0 saturated carbocycles. The van der Waals surface area contributed by atoms with E-state index in [0.717, 1.165) is 35.3 Å². The molecule has 2 N–H and O–H groups in total. The molecule has 4 rings (SSSR count). The number of rotatable bonds is 1. The van der Waals surface area contributed by atoms with Gasteiger partial charge in [-0.05, 0) is 102 Å². The topological polar surface area (TPSA) is 97.5 Å². The molecule has 2 aromatic carbocycles. The summed E-state index contributed by atoms with van der Waals surface area (Å²) >= 11 is 4.59. The van der Waals surface area contributed by atoms with Gasteiger partial charge in [0.05, 0.1) is 22.2 Å². The van der Waals surface area contributed by atoms with Gasteiger partial charge in [0.25, 0.3) is 0 Å². The number of fused-ring (bicyclic) bond motifs is 2. The van der Waals surface area contributed by atoms with Crippen molar-refractivity contribution >= 4 is 52.3 Å². The van der Waals surface area contributed by atoms with E-state index < -0.39 is 11.2 Å². The number of benzene rings is 2. The lowest BCUT2D eigenvalue weighted by atomic mass is 10.1. The predicted molar refractivity (Wildman–Crippen MR) is 147 cm³/mol. The van der Waals surface area contributed by atoms with Gasteiger partial charge in [-0.2, -0.15) is 4.99 Å². The van der Waals surface area contributed by atoms with Crippen LogP contribution in [0.15, 0.2) is 41.4 Å². The molecule has 0 radical (unpaired) electrons. The van der Waals surface area contributed by atoms with Crippen LogP contribution in [0.5, 0.6) is 0 Å². The van der Waals surface area contributed by atoms with Crippen LogP contribution in [0.4, 0.5) is 32.3 Å². The van der Waals surface area contributed by atoms with Gasteiger partial charge in [-0.3, -0.25) is 9.80 Å². The molecule has 2 heterocycles. The molecule has 9 heteroatoms. The van der Waals surface area contributed by atoms with Gasteiger partial charge in [0.1, 0.15) is 11.2 Å². The minimum absolute atomic E-state index is 0.304. The minimum atomic E-state index is -0.496. The second kappa shape index (κ2) is 10.7. The predicted octanol–water partition coefficient (Wildman–Crippen LogP) is 6.28. The van der Waals surface area contributed by atoms with Crippen LogP contribution in [-0.4, -0.2) is 41.6 Å². The van der Waals surface area contributed by atoms with Crippen LogP contribution in [0.2, 0.25) is 0 Å². The molecule has 0 aromatic heterocycles. The molecule has 2 aromatic rings. The smallest absolute Gasteiger partial charge is 0.414 e. The van der Waals surface area contributed by atoms with Gasteiger partial charge < -0.3 is 15.2 Å². The molecule has 8 nitrogen and oxygen atoms in total. The van der Waals surface area contributed by atoms with Crippen LogP contribution in [0.3, 0.4) is 0 Å². The first-order valence-electron chi connectivity index (χ1n) is 11.9. The summed E-state index contributed by atoms with van der Waals surface area (Å²) in [5.41, 5.74) is 10.1. The molecule has 2 aliphatic heterocycles. The van der Waals surface area contributed by atoms with Crippen LogP contribution in [0.25, 0.3) is 0 Å². The first kappa shape index (κ1) is 27.2. The zero-order chi connectivity index (χ0) is 26.7. The summed E-state index contributed by atoms with van der Waals surface area (Å²) in [6.07, 6.45) is 1.06. The summed E-state index contributed by atoms with van der Waals surface area (Å²) in [6.45, 7) is 12.4. The molecule has 2 aliphatic rings. The minimum Gasteiger partial charge on any atom is -0.443 e. The third kappa shape index (κ3) is 7.06. The Labute approximate surface area is 218 Å². The van der Waals surface area contributed by atoms with Crippen molar-refractivity contribution in [1.29, 1.82) is 0 Å². The third-order valence-electron chi connectivity index (χ3n) is 5.37. The number of nitrogen functional groups attached to an aromatic ring is 1. The van der Waals surface area contributed by atoms with Gasteiger partial charge in [-0.1, -0.05) is 12.1 Å². The Bertz CT molecular complexity index is 1190. The maximum Gasteiger partial charge on any atom is 0.414 e. The summed E-state index contributed by atoms with van der Waals surface area (Å²) in [6, 6.07) is 11.3. The fraction of sp³-hybridized carbons (Fsp3) is 0.444. The van der Waals surface area contributed by atoms with Crippen LogP contribution in [0, 0.1) is 0 Å². The normalized spacial score (nSPS) is 14.2. The Morgan fingerprint density at radius 1 is 0.861 bits per heavy atom. The van der Waals surface area contributed by atoms with E-state index in [1.807, 2.05) is 77.9 Å². The van der Waals surface area contributed by atoms with E-state index in [9.17, 15) is 9.59 Å². The number of nitrogens with two attached hydrogens (primary N) is 1. The number of thiocarbonyl (C=S) groups is 1. The van der Waals surface area contributed by atoms with Gasteiger partial charge in [-0.15, -0.1) is 0 Å². The van der Waals surface area contributed by atoms with Gasteiger partial charge in [0.15, 0.2) is 0 Å². The zero-order valence-electron chi connectivity index (χ0n) is 21.8. The van der Waals surface area contributed by atoms with E-state index in [1.165, 1.54) is 0 Å². The van der Waals surface area contributed by atoms with Crippen LogP contribution >= 0.6 is 12.2 Å². The number of carbonyl (C=O) groups is 2. The zero-order valence-corrected chi connectivity index (χ0v) is 22.6. The largest absolute Gasteiger partial charge is 0.443 e. The van der Waals surface area contributed by atoms with Crippen LogP contribution in [-0.2, 0) is 22.3 Å². The monoisotopic (exact) mass is 510 g/mol. The standard InChI is InChI=1S/C14H16N2O2S.C13H18N2O2/c1-14(2,3)18-13(17)16-7-6-10-4-5-11(15-9-19)8-12(10)16;1-13(2,3)17-12(16)15-7-6-9-4-5-10(14)8-11(9)15/h4-5,8H,6-7H2,1-3H3;4-5,8H,6-7,14H2,1-3H3. The van der Waals surface area contributed by atoms with E-state index in [-0.39, 0.29) is 12.2 Å². The van der Waals surface area contributed by atoms with Gasteiger partial charge in [0.2, 0.25) is 0 Å². The Morgan fingerprint density at radius 3 is 1.81 bits per heavy atom. The third-order valence-corrected chi connectivity index (χ3v) is 5.46.